The fraction of sp³-hybridized carbons (Fsp3) is 0.591. The van der Waals surface area contributed by atoms with Crippen molar-refractivity contribution in [1.82, 2.24) is 4.90 Å². The van der Waals surface area contributed by atoms with E-state index in [1.807, 2.05) is 56.9 Å². The van der Waals surface area contributed by atoms with Gasteiger partial charge in [0, 0.05) is 30.5 Å². The number of amides is 1. The van der Waals surface area contributed by atoms with Gasteiger partial charge < -0.3 is 14.4 Å². The summed E-state index contributed by atoms with van der Waals surface area (Å²) in [5.74, 6) is 6.85. The molecule has 2 fully saturated rings. The Bertz CT molecular complexity index is 696. The van der Waals surface area contributed by atoms with Crippen LogP contribution in [-0.4, -0.2) is 34.8 Å². The van der Waals surface area contributed by atoms with Crippen LogP contribution in [0.5, 0.6) is 5.75 Å². The zero-order chi connectivity index (χ0) is 18.7. The SMILES string of the molecule is CC#Cc1cccc(O[C@@H]2C[C@H]3CCC[C@@H](C2)N3C(=O)OC(C)(C)C)c1. The topological polar surface area (TPSA) is 38.8 Å². The highest BCUT2D eigenvalue weighted by molar-refractivity contribution is 5.69. The van der Waals surface area contributed by atoms with Crippen LogP contribution in [0.4, 0.5) is 4.79 Å². The molecule has 2 aliphatic rings. The van der Waals surface area contributed by atoms with Crippen LogP contribution >= 0.6 is 0 Å². The van der Waals surface area contributed by atoms with Crippen molar-refractivity contribution >= 4 is 6.09 Å². The number of rotatable bonds is 2. The first-order valence-corrected chi connectivity index (χ1v) is 9.56. The van der Waals surface area contributed by atoms with Crippen molar-refractivity contribution in [3.05, 3.63) is 29.8 Å². The predicted octanol–water partition coefficient (Wildman–Crippen LogP) is 4.76. The molecule has 0 aromatic heterocycles. The van der Waals surface area contributed by atoms with Gasteiger partial charge >= 0.3 is 6.09 Å². The first-order chi connectivity index (χ1) is 12.4. The molecule has 2 bridgehead atoms. The monoisotopic (exact) mass is 355 g/mol. The molecule has 1 amide bonds. The molecule has 1 aromatic rings. The second kappa shape index (κ2) is 7.61. The summed E-state index contributed by atoms with van der Waals surface area (Å²) < 4.78 is 11.9. The predicted molar refractivity (Wildman–Crippen MR) is 102 cm³/mol. The van der Waals surface area contributed by atoms with E-state index in [1.54, 1.807) is 0 Å². The Balaban J connectivity index is 1.68. The summed E-state index contributed by atoms with van der Waals surface area (Å²) in [5, 5.41) is 0. The van der Waals surface area contributed by atoms with Gasteiger partial charge in [-0.25, -0.2) is 4.79 Å². The maximum absolute atomic E-state index is 12.7. The van der Waals surface area contributed by atoms with E-state index in [4.69, 9.17) is 9.47 Å². The third-order valence-electron chi connectivity index (χ3n) is 4.94. The average molecular weight is 355 g/mol. The van der Waals surface area contributed by atoms with Crippen molar-refractivity contribution in [2.45, 2.75) is 83.6 Å². The zero-order valence-electron chi connectivity index (χ0n) is 16.2. The minimum atomic E-state index is -0.459. The molecule has 3 rings (SSSR count). The molecule has 0 N–H and O–H groups in total. The molecule has 3 atom stereocenters. The van der Waals surface area contributed by atoms with Crippen LogP contribution in [0.2, 0.25) is 0 Å². The number of benzene rings is 1. The van der Waals surface area contributed by atoms with Gasteiger partial charge in [-0.3, -0.25) is 0 Å². The quantitative estimate of drug-likeness (QED) is 0.718. The number of nitrogens with zero attached hydrogens (tertiary/aromatic N) is 1. The molecule has 0 saturated carbocycles. The second-order valence-electron chi connectivity index (χ2n) is 8.24. The number of hydrogen-bond acceptors (Lipinski definition) is 3. The Hall–Kier alpha value is -2.15. The van der Waals surface area contributed by atoms with E-state index in [0.29, 0.717) is 0 Å². The van der Waals surface area contributed by atoms with Crippen LogP contribution in [0, 0.1) is 11.8 Å². The highest BCUT2D eigenvalue weighted by Gasteiger charge is 2.43. The molecular formula is C22H29NO3. The minimum absolute atomic E-state index is 0.133. The van der Waals surface area contributed by atoms with Gasteiger partial charge in [0.05, 0.1) is 0 Å². The van der Waals surface area contributed by atoms with Crippen molar-refractivity contribution in [2.24, 2.45) is 0 Å². The van der Waals surface area contributed by atoms with Crippen molar-refractivity contribution < 1.29 is 14.3 Å². The highest BCUT2D eigenvalue weighted by atomic mass is 16.6. The Morgan fingerprint density at radius 2 is 1.88 bits per heavy atom. The van der Waals surface area contributed by atoms with Crippen LogP contribution in [-0.2, 0) is 4.74 Å². The lowest BCUT2D eigenvalue weighted by molar-refractivity contribution is -0.0405. The molecule has 2 aliphatic heterocycles. The van der Waals surface area contributed by atoms with Gasteiger partial charge in [0.1, 0.15) is 17.5 Å². The smallest absolute Gasteiger partial charge is 0.410 e. The average Bonchev–Trinajstić information content (AvgIpc) is 2.53. The normalized spacial score (nSPS) is 25.1. The van der Waals surface area contributed by atoms with E-state index >= 15 is 0 Å². The van der Waals surface area contributed by atoms with Gasteiger partial charge in [-0.2, -0.15) is 0 Å². The number of carbonyl (C=O) groups is 1. The molecular weight excluding hydrogens is 326 g/mol. The zero-order valence-corrected chi connectivity index (χ0v) is 16.2. The van der Waals surface area contributed by atoms with Gasteiger partial charge in [0.25, 0.3) is 0 Å². The Labute approximate surface area is 156 Å². The van der Waals surface area contributed by atoms with Crippen LogP contribution in [0.25, 0.3) is 0 Å². The maximum atomic E-state index is 12.7. The molecule has 0 unspecified atom stereocenters. The summed E-state index contributed by atoms with van der Waals surface area (Å²) in [4.78, 5) is 14.6. The maximum Gasteiger partial charge on any atom is 0.410 e. The Kier molecular flexibility index (Phi) is 5.46. The lowest BCUT2D eigenvalue weighted by atomic mass is 9.83. The van der Waals surface area contributed by atoms with Gasteiger partial charge in [-0.15, -0.1) is 5.92 Å². The molecule has 140 valence electrons. The highest BCUT2D eigenvalue weighted by Crippen LogP contribution is 2.36. The number of carbonyl (C=O) groups excluding carboxylic acids is 1. The van der Waals surface area contributed by atoms with Gasteiger partial charge in [0.2, 0.25) is 0 Å². The number of fused-ring (bicyclic) bond motifs is 2. The summed E-state index contributed by atoms with van der Waals surface area (Å²) >= 11 is 0. The van der Waals surface area contributed by atoms with E-state index in [1.165, 1.54) is 6.42 Å². The van der Waals surface area contributed by atoms with Gasteiger partial charge in [0.15, 0.2) is 0 Å². The number of ether oxygens (including phenoxy) is 2. The Morgan fingerprint density at radius 3 is 2.50 bits per heavy atom. The molecule has 1 aromatic carbocycles. The first kappa shape index (κ1) is 18.6. The number of piperidine rings is 2. The van der Waals surface area contributed by atoms with Gasteiger partial charge in [-0.1, -0.05) is 12.0 Å². The van der Waals surface area contributed by atoms with Crippen LogP contribution in [0.15, 0.2) is 24.3 Å². The van der Waals surface area contributed by atoms with Crippen molar-refractivity contribution in [1.29, 1.82) is 0 Å². The van der Waals surface area contributed by atoms with Crippen LogP contribution < -0.4 is 4.74 Å². The lowest BCUT2D eigenvalue weighted by Crippen LogP contribution is -2.57. The second-order valence-corrected chi connectivity index (χ2v) is 8.24. The Morgan fingerprint density at radius 1 is 1.19 bits per heavy atom. The van der Waals surface area contributed by atoms with Crippen molar-refractivity contribution in [3.63, 3.8) is 0 Å². The van der Waals surface area contributed by atoms with Crippen LogP contribution in [0.1, 0.15) is 65.4 Å². The van der Waals surface area contributed by atoms with Gasteiger partial charge in [-0.05, 0) is 65.2 Å². The van der Waals surface area contributed by atoms with E-state index in [0.717, 1.165) is 37.0 Å². The van der Waals surface area contributed by atoms with Crippen LogP contribution in [0.3, 0.4) is 0 Å². The molecule has 4 heteroatoms. The van der Waals surface area contributed by atoms with Crippen molar-refractivity contribution in [3.8, 4) is 17.6 Å². The van der Waals surface area contributed by atoms with E-state index < -0.39 is 5.60 Å². The molecule has 4 nitrogen and oxygen atoms in total. The molecule has 2 saturated heterocycles. The summed E-state index contributed by atoms with van der Waals surface area (Å²) in [6.07, 6.45) is 4.90. The molecule has 0 radical (unpaired) electrons. The van der Waals surface area contributed by atoms with E-state index in [-0.39, 0.29) is 24.3 Å². The summed E-state index contributed by atoms with van der Waals surface area (Å²) in [5.41, 5.74) is 0.510. The van der Waals surface area contributed by atoms with Crippen molar-refractivity contribution in [2.75, 3.05) is 0 Å². The molecule has 2 heterocycles. The fourth-order valence-corrected chi connectivity index (χ4v) is 4.02. The summed E-state index contributed by atoms with van der Waals surface area (Å²) in [6.45, 7) is 7.59. The molecule has 26 heavy (non-hydrogen) atoms. The summed E-state index contributed by atoms with van der Waals surface area (Å²) in [7, 11) is 0. The minimum Gasteiger partial charge on any atom is -0.490 e. The van der Waals surface area contributed by atoms with E-state index in [9.17, 15) is 4.79 Å². The summed E-state index contributed by atoms with van der Waals surface area (Å²) in [6, 6.07) is 8.36. The molecule has 0 aliphatic carbocycles. The fourth-order valence-electron chi connectivity index (χ4n) is 4.02. The lowest BCUT2D eigenvalue weighted by Gasteiger charge is -2.48. The van der Waals surface area contributed by atoms with E-state index in [2.05, 4.69) is 11.8 Å². The molecule has 0 spiro atoms. The third-order valence-corrected chi connectivity index (χ3v) is 4.94. The first-order valence-electron chi connectivity index (χ1n) is 9.56. The number of hydrogen-bond donors (Lipinski definition) is 0. The largest absolute Gasteiger partial charge is 0.490 e. The standard InChI is InChI=1S/C22H29NO3/c1-5-8-16-9-6-12-19(13-16)25-20-14-17-10-7-11-18(15-20)23(17)21(24)26-22(2,3)4/h6,9,12-13,17-18,20H,7,10-11,14-15H2,1-4H3/t17-,18+,20-. The third kappa shape index (κ3) is 4.52.